The highest BCUT2D eigenvalue weighted by Crippen LogP contribution is 2.42. The van der Waals surface area contributed by atoms with E-state index in [1.165, 1.54) is 19.1 Å². The number of carbonyl (C=O) groups is 3. The molecule has 1 unspecified atom stereocenters. The van der Waals surface area contributed by atoms with Crippen molar-refractivity contribution in [2.75, 3.05) is 26.2 Å². The molecule has 0 bridgehead atoms. The third-order valence-electron chi connectivity index (χ3n) is 6.03. The standard InChI is InChI=1S/C28H25NO7/c1-34-21-12-6-18(7-13-21)25-24(26(31)19-8-14-22(35-2)15-9-19)27(32)28(33)29(25)20-10-4-17(5-11-20)16-23(30)36-3/h4-15,25,31H,16H2,1-3H3/b26-24+. The quantitative estimate of drug-likeness (QED) is 0.232. The van der Waals surface area contributed by atoms with E-state index in [9.17, 15) is 19.5 Å². The van der Waals surface area contributed by atoms with Crippen molar-refractivity contribution in [2.45, 2.75) is 12.5 Å². The largest absolute Gasteiger partial charge is 0.507 e. The number of Topliss-reactive ketones (excluding diaryl/α,β-unsaturated/α-hetero) is 1. The number of ether oxygens (including phenoxy) is 3. The lowest BCUT2D eigenvalue weighted by Gasteiger charge is -2.25. The second-order valence-corrected chi connectivity index (χ2v) is 8.09. The molecule has 184 valence electrons. The fourth-order valence-corrected chi connectivity index (χ4v) is 4.12. The summed E-state index contributed by atoms with van der Waals surface area (Å²) >= 11 is 0. The van der Waals surface area contributed by atoms with Gasteiger partial charge in [0.1, 0.15) is 17.3 Å². The minimum Gasteiger partial charge on any atom is -0.507 e. The van der Waals surface area contributed by atoms with Crippen LogP contribution in [0.25, 0.3) is 5.76 Å². The van der Waals surface area contributed by atoms with Gasteiger partial charge in [-0.15, -0.1) is 0 Å². The van der Waals surface area contributed by atoms with Gasteiger partial charge in [0, 0.05) is 11.3 Å². The molecule has 1 saturated heterocycles. The molecule has 1 heterocycles. The summed E-state index contributed by atoms with van der Waals surface area (Å²) in [5.74, 6) is -1.05. The number of hydrogen-bond donors (Lipinski definition) is 1. The second kappa shape index (κ2) is 10.4. The number of hydrogen-bond acceptors (Lipinski definition) is 7. The van der Waals surface area contributed by atoms with Crippen LogP contribution in [-0.4, -0.2) is 44.1 Å². The van der Waals surface area contributed by atoms with Crippen LogP contribution >= 0.6 is 0 Å². The van der Waals surface area contributed by atoms with Gasteiger partial charge >= 0.3 is 5.97 Å². The van der Waals surface area contributed by atoms with Crippen molar-refractivity contribution in [2.24, 2.45) is 0 Å². The SMILES string of the molecule is COC(=O)Cc1ccc(N2C(=O)C(=O)/C(=C(/O)c3ccc(OC)cc3)C2c2ccc(OC)cc2)cc1. The number of ketones is 1. The zero-order valence-corrected chi connectivity index (χ0v) is 20.1. The molecule has 36 heavy (non-hydrogen) atoms. The normalized spacial score (nSPS) is 16.6. The molecule has 0 saturated carbocycles. The molecule has 0 radical (unpaired) electrons. The lowest BCUT2D eigenvalue weighted by atomic mass is 9.95. The third kappa shape index (κ3) is 4.65. The van der Waals surface area contributed by atoms with Crippen LogP contribution in [0.3, 0.4) is 0 Å². The first-order valence-electron chi connectivity index (χ1n) is 11.1. The Balaban J connectivity index is 1.83. The fourth-order valence-electron chi connectivity index (χ4n) is 4.12. The predicted molar refractivity (Wildman–Crippen MR) is 133 cm³/mol. The predicted octanol–water partition coefficient (Wildman–Crippen LogP) is 4.05. The number of aliphatic hydroxyl groups excluding tert-OH is 1. The Labute approximate surface area is 208 Å². The third-order valence-corrected chi connectivity index (χ3v) is 6.03. The van der Waals surface area contributed by atoms with E-state index in [-0.39, 0.29) is 23.7 Å². The average molecular weight is 488 g/mol. The zero-order chi connectivity index (χ0) is 25.8. The maximum atomic E-state index is 13.3. The minimum absolute atomic E-state index is 0.0334. The molecule has 4 rings (SSSR count). The topological polar surface area (TPSA) is 102 Å². The van der Waals surface area contributed by atoms with Gasteiger partial charge in [-0.2, -0.15) is 0 Å². The number of anilines is 1. The second-order valence-electron chi connectivity index (χ2n) is 8.09. The van der Waals surface area contributed by atoms with Crippen molar-refractivity contribution in [3.63, 3.8) is 0 Å². The molecule has 3 aromatic carbocycles. The van der Waals surface area contributed by atoms with E-state index in [1.54, 1.807) is 79.9 Å². The number of nitrogens with zero attached hydrogens (tertiary/aromatic N) is 1. The number of aliphatic hydroxyl groups is 1. The van der Waals surface area contributed by atoms with Gasteiger partial charge in [-0.3, -0.25) is 19.3 Å². The molecule has 3 aromatic rings. The summed E-state index contributed by atoms with van der Waals surface area (Å²) in [4.78, 5) is 39.5. The van der Waals surface area contributed by atoms with Crippen LogP contribution in [-0.2, 0) is 25.5 Å². The molecular formula is C28H25NO7. The molecule has 1 amide bonds. The van der Waals surface area contributed by atoms with Crippen LogP contribution < -0.4 is 14.4 Å². The summed E-state index contributed by atoms with van der Waals surface area (Å²) in [5, 5.41) is 11.2. The van der Waals surface area contributed by atoms with Crippen molar-refractivity contribution < 1.29 is 33.7 Å². The van der Waals surface area contributed by atoms with Gasteiger partial charge in [0.05, 0.1) is 39.4 Å². The molecule has 0 spiro atoms. The lowest BCUT2D eigenvalue weighted by Crippen LogP contribution is -2.29. The molecule has 1 atom stereocenters. The summed E-state index contributed by atoms with van der Waals surface area (Å²) in [6.45, 7) is 0. The Morgan fingerprint density at radius 3 is 1.92 bits per heavy atom. The summed E-state index contributed by atoms with van der Waals surface area (Å²) in [6.07, 6.45) is 0.0783. The van der Waals surface area contributed by atoms with E-state index in [0.29, 0.717) is 33.9 Å². The Hall–Kier alpha value is -4.59. The van der Waals surface area contributed by atoms with Crippen molar-refractivity contribution in [1.29, 1.82) is 0 Å². The van der Waals surface area contributed by atoms with Crippen molar-refractivity contribution >= 4 is 29.1 Å². The molecule has 1 fully saturated rings. The van der Waals surface area contributed by atoms with Crippen LogP contribution in [0.1, 0.15) is 22.7 Å². The van der Waals surface area contributed by atoms with E-state index in [1.807, 2.05) is 0 Å². The Morgan fingerprint density at radius 1 is 0.833 bits per heavy atom. The first-order valence-corrected chi connectivity index (χ1v) is 11.1. The number of amides is 1. The van der Waals surface area contributed by atoms with E-state index in [4.69, 9.17) is 14.2 Å². The van der Waals surface area contributed by atoms with E-state index in [2.05, 4.69) is 0 Å². The van der Waals surface area contributed by atoms with Gasteiger partial charge in [0.15, 0.2) is 0 Å². The smallest absolute Gasteiger partial charge is 0.309 e. The van der Waals surface area contributed by atoms with Crippen molar-refractivity contribution in [1.82, 2.24) is 0 Å². The number of methoxy groups -OCH3 is 3. The van der Waals surface area contributed by atoms with E-state index >= 15 is 0 Å². The van der Waals surface area contributed by atoms with Crippen LogP contribution in [0.4, 0.5) is 5.69 Å². The first kappa shape index (κ1) is 24.5. The molecule has 8 nitrogen and oxygen atoms in total. The molecule has 1 N–H and O–H groups in total. The number of benzene rings is 3. The summed E-state index contributed by atoms with van der Waals surface area (Å²) in [7, 11) is 4.38. The van der Waals surface area contributed by atoms with Gasteiger partial charge < -0.3 is 19.3 Å². The number of rotatable bonds is 7. The van der Waals surface area contributed by atoms with Gasteiger partial charge in [-0.1, -0.05) is 24.3 Å². The summed E-state index contributed by atoms with van der Waals surface area (Å²) < 4.78 is 15.1. The summed E-state index contributed by atoms with van der Waals surface area (Å²) in [5.41, 5.74) is 2.10. The first-order chi connectivity index (χ1) is 17.4. The molecule has 1 aliphatic heterocycles. The Bertz CT molecular complexity index is 1310. The Morgan fingerprint density at radius 2 is 1.39 bits per heavy atom. The molecular weight excluding hydrogens is 462 g/mol. The van der Waals surface area contributed by atoms with Crippen LogP contribution in [0.2, 0.25) is 0 Å². The van der Waals surface area contributed by atoms with Gasteiger partial charge in [0.25, 0.3) is 11.7 Å². The van der Waals surface area contributed by atoms with E-state index < -0.39 is 17.7 Å². The highest BCUT2D eigenvalue weighted by atomic mass is 16.5. The van der Waals surface area contributed by atoms with Crippen LogP contribution in [0.15, 0.2) is 78.4 Å². The van der Waals surface area contributed by atoms with Crippen LogP contribution in [0.5, 0.6) is 11.5 Å². The van der Waals surface area contributed by atoms with Crippen molar-refractivity contribution in [3.8, 4) is 11.5 Å². The molecule has 8 heteroatoms. The van der Waals surface area contributed by atoms with E-state index in [0.717, 1.165) is 0 Å². The number of carbonyl (C=O) groups excluding carboxylic acids is 3. The van der Waals surface area contributed by atoms with Gasteiger partial charge in [0.2, 0.25) is 0 Å². The van der Waals surface area contributed by atoms with Crippen molar-refractivity contribution in [3.05, 3.63) is 95.1 Å². The van der Waals surface area contributed by atoms with Gasteiger partial charge in [-0.25, -0.2) is 0 Å². The minimum atomic E-state index is -0.885. The highest BCUT2D eigenvalue weighted by Gasteiger charge is 2.47. The summed E-state index contributed by atoms with van der Waals surface area (Å²) in [6, 6.07) is 19.3. The van der Waals surface area contributed by atoms with Crippen LogP contribution in [0, 0.1) is 0 Å². The fraction of sp³-hybridized carbons (Fsp3) is 0.179. The molecule has 0 aliphatic carbocycles. The molecule has 1 aliphatic rings. The van der Waals surface area contributed by atoms with Gasteiger partial charge in [-0.05, 0) is 59.7 Å². The lowest BCUT2D eigenvalue weighted by molar-refractivity contribution is -0.139. The monoisotopic (exact) mass is 487 g/mol. The maximum Gasteiger partial charge on any atom is 0.309 e. The maximum absolute atomic E-state index is 13.3. The molecule has 0 aromatic heterocycles. The Kier molecular flexibility index (Phi) is 7.05. The zero-order valence-electron chi connectivity index (χ0n) is 20.1. The highest BCUT2D eigenvalue weighted by molar-refractivity contribution is 6.51. The average Bonchev–Trinajstić information content (AvgIpc) is 3.18. The number of esters is 1.